The van der Waals surface area contributed by atoms with Crippen molar-refractivity contribution in [3.8, 4) is 0 Å². The predicted molar refractivity (Wildman–Crippen MR) is 78.2 cm³/mol. The molecule has 120 valence electrons. The molecule has 1 aromatic carbocycles. The number of hydrogen-bond acceptors (Lipinski definition) is 4. The summed E-state index contributed by atoms with van der Waals surface area (Å²) in [5, 5.41) is 5.69. The summed E-state index contributed by atoms with van der Waals surface area (Å²) in [7, 11) is 0. The summed E-state index contributed by atoms with van der Waals surface area (Å²) in [5.41, 5.74) is 0.0933. The molecule has 1 atom stereocenters. The van der Waals surface area contributed by atoms with Crippen molar-refractivity contribution in [2.75, 3.05) is 10.6 Å². The number of nitrogens with one attached hydrogen (secondary N) is 2. The number of benzene rings is 1. The van der Waals surface area contributed by atoms with E-state index in [0.717, 1.165) is 5.38 Å². The molecule has 2 amide bonds. The maximum absolute atomic E-state index is 12.5. The molecule has 1 aliphatic heterocycles. The van der Waals surface area contributed by atoms with Crippen molar-refractivity contribution < 1.29 is 22.8 Å². The van der Waals surface area contributed by atoms with E-state index in [1.54, 1.807) is 24.3 Å². The van der Waals surface area contributed by atoms with Gasteiger partial charge < -0.3 is 10.6 Å². The van der Waals surface area contributed by atoms with Gasteiger partial charge in [0.15, 0.2) is 10.8 Å². The minimum absolute atomic E-state index is 0.0691. The van der Waals surface area contributed by atoms with Crippen molar-refractivity contribution in [3.63, 3.8) is 0 Å². The van der Waals surface area contributed by atoms with Gasteiger partial charge in [0.2, 0.25) is 11.8 Å². The maximum atomic E-state index is 12.5. The van der Waals surface area contributed by atoms with Crippen LogP contribution in [0.25, 0.3) is 0 Å². The number of fused-ring (bicyclic) bond motifs is 1. The molecule has 3 rings (SSSR count). The van der Waals surface area contributed by atoms with Crippen molar-refractivity contribution in [1.82, 2.24) is 4.98 Å². The van der Waals surface area contributed by atoms with Crippen LogP contribution in [-0.4, -0.2) is 16.8 Å². The predicted octanol–water partition coefficient (Wildman–Crippen LogP) is 3.23. The van der Waals surface area contributed by atoms with Gasteiger partial charge in [0.1, 0.15) is 0 Å². The second-order valence-electron chi connectivity index (χ2n) is 4.92. The third kappa shape index (κ3) is 3.19. The number of rotatable bonds is 2. The standard InChI is InChI=1S/C14H10F3N3O2S/c15-14(16,17)10-6-23-13(19-10)20-12(22)8-5-11(21)18-9-4-2-1-3-7(8)9/h1-4,6,8H,5H2,(H,18,21)(H,19,20,22). The molecule has 2 N–H and O–H groups in total. The number of anilines is 2. The van der Waals surface area contributed by atoms with Gasteiger partial charge in [0, 0.05) is 17.5 Å². The summed E-state index contributed by atoms with van der Waals surface area (Å²) in [6.45, 7) is 0. The Balaban J connectivity index is 1.81. The average Bonchev–Trinajstić information content (AvgIpc) is 2.95. The third-order valence-electron chi connectivity index (χ3n) is 3.34. The summed E-state index contributed by atoms with van der Waals surface area (Å²) in [4.78, 5) is 27.4. The lowest BCUT2D eigenvalue weighted by atomic mass is 9.90. The molecule has 0 fully saturated rings. The number of aromatic nitrogens is 1. The Morgan fingerprint density at radius 2 is 2.09 bits per heavy atom. The zero-order chi connectivity index (χ0) is 16.6. The molecule has 0 saturated heterocycles. The highest BCUT2D eigenvalue weighted by molar-refractivity contribution is 7.13. The van der Waals surface area contributed by atoms with Crippen LogP contribution in [0.2, 0.25) is 0 Å². The molecule has 1 aliphatic rings. The van der Waals surface area contributed by atoms with Crippen molar-refractivity contribution in [3.05, 3.63) is 40.9 Å². The number of carbonyl (C=O) groups excluding carboxylic acids is 2. The van der Waals surface area contributed by atoms with Gasteiger partial charge in [-0.15, -0.1) is 11.3 Å². The molecule has 0 bridgehead atoms. The largest absolute Gasteiger partial charge is 0.434 e. The summed E-state index contributed by atoms with van der Waals surface area (Å²) in [6.07, 6.45) is -4.63. The van der Waals surface area contributed by atoms with Crippen LogP contribution in [0.3, 0.4) is 0 Å². The summed E-state index contributed by atoms with van der Waals surface area (Å²) in [5.74, 6) is -1.65. The van der Waals surface area contributed by atoms with Crippen molar-refractivity contribution in [2.24, 2.45) is 0 Å². The maximum Gasteiger partial charge on any atom is 0.434 e. The van der Waals surface area contributed by atoms with Crippen LogP contribution in [-0.2, 0) is 15.8 Å². The molecule has 23 heavy (non-hydrogen) atoms. The number of alkyl halides is 3. The lowest BCUT2D eigenvalue weighted by Crippen LogP contribution is -2.30. The van der Waals surface area contributed by atoms with Crippen molar-refractivity contribution in [1.29, 1.82) is 0 Å². The minimum atomic E-state index is -4.56. The monoisotopic (exact) mass is 341 g/mol. The summed E-state index contributed by atoms with van der Waals surface area (Å²) < 4.78 is 37.6. The second kappa shape index (κ2) is 5.65. The highest BCUT2D eigenvalue weighted by Crippen LogP contribution is 2.34. The number of thiazole rings is 1. The van der Waals surface area contributed by atoms with E-state index in [1.807, 2.05) is 0 Å². The Kier molecular flexibility index (Phi) is 3.80. The molecule has 9 heteroatoms. The number of amides is 2. The zero-order valence-corrected chi connectivity index (χ0v) is 12.3. The van der Waals surface area contributed by atoms with Crippen LogP contribution >= 0.6 is 11.3 Å². The molecule has 0 radical (unpaired) electrons. The van der Waals surface area contributed by atoms with Gasteiger partial charge in [0.05, 0.1) is 5.92 Å². The first-order valence-corrected chi connectivity index (χ1v) is 7.45. The van der Waals surface area contributed by atoms with E-state index < -0.39 is 23.7 Å². The van der Waals surface area contributed by atoms with E-state index in [1.165, 1.54) is 0 Å². The van der Waals surface area contributed by atoms with Gasteiger partial charge in [-0.2, -0.15) is 13.2 Å². The lowest BCUT2D eigenvalue weighted by molar-refractivity contribution is -0.140. The average molecular weight is 341 g/mol. The molecular weight excluding hydrogens is 331 g/mol. The molecule has 5 nitrogen and oxygen atoms in total. The van der Waals surface area contributed by atoms with E-state index in [-0.39, 0.29) is 17.5 Å². The molecule has 1 unspecified atom stereocenters. The van der Waals surface area contributed by atoms with Gasteiger partial charge in [-0.05, 0) is 11.6 Å². The molecular formula is C14H10F3N3O2S. The lowest BCUT2D eigenvalue weighted by Gasteiger charge is -2.24. The van der Waals surface area contributed by atoms with E-state index in [9.17, 15) is 22.8 Å². The van der Waals surface area contributed by atoms with Crippen LogP contribution in [0, 0.1) is 0 Å². The Morgan fingerprint density at radius 1 is 1.35 bits per heavy atom. The Labute approximate surface area is 132 Å². The van der Waals surface area contributed by atoms with E-state index in [4.69, 9.17) is 0 Å². The number of nitrogens with zero attached hydrogens (tertiary/aromatic N) is 1. The van der Waals surface area contributed by atoms with Crippen LogP contribution < -0.4 is 10.6 Å². The quantitative estimate of drug-likeness (QED) is 0.881. The van der Waals surface area contributed by atoms with E-state index >= 15 is 0 Å². The van der Waals surface area contributed by atoms with Gasteiger partial charge in [-0.3, -0.25) is 9.59 Å². The molecule has 0 saturated carbocycles. The minimum Gasteiger partial charge on any atom is -0.326 e. The first-order valence-electron chi connectivity index (χ1n) is 6.57. The van der Waals surface area contributed by atoms with E-state index in [2.05, 4.69) is 15.6 Å². The highest BCUT2D eigenvalue weighted by atomic mass is 32.1. The second-order valence-corrected chi connectivity index (χ2v) is 5.78. The summed E-state index contributed by atoms with van der Waals surface area (Å²) in [6, 6.07) is 6.80. The fraction of sp³-hybridized carbons (Fsp3) is 0.214. The van der Waals surface area contributed by atoms with Crippen molar-refractivity contribution >= 4 is 34.0 Å². The highest BCUT2D eigenvalue weighted by Gasteiger charge is 2.35. The molecule has 2 heterocycles. The molecule has 2 aromatic rings. The van der Waals surface area contributed by atoms with Gasteiger partial charge in [-0.25, -0.2) is 4.98 Å². The van der Waals surface area contributed by atoms with Gasteiger partial charge in [0.25, 0.3) is 0 Å². The normalized spacial score (nSPS) is 17.3. The number of para-hydroxylation sites is 1. The van der Waals surface area contributed by atoms with Crippen LogP contribution in [0.4, 0.5) is 24.0 Å². The van der Waals surface area contributed by atoms with Crippen LogP contribution in [0.5, 0.6) is 0 Å². The first-order chi connectivity index (χ1) is 10.8. The number of carbonyl (C=O) groups is 2. The Morgan fingerprint density at radius 3 is 2.78 bits per heavy atom. The molecule has 1 aromatic heterocycles. The topological polar surface area (TPSA) is 71.1 Å². The summed E-state index contributed by atoms with van der Waals surface area (Å²) >= 11 is 0.687. The Bertz CT molecular complexity index is 773. The third-order valence-corrected chi connectivity index (χ3v) is 4.10. The van der Waals surface area contributed by atoms with Gasteiger partial charge in [-0.1, -0.05) is 18.2 Å². The smallest absolute Gasteiger partial charge is 0.326 e. The van der Waals surface area contributed by atoms with Crippen LogP contribution in [0.1, 0.15) is 23.6 Å². The molecule has 0 aliphatic carbocycles. The van der Waals surface area contributed by atoms with Gasteiger partial charge >= 0.3 is 6.18 Å². The number of hydrogen-bond donors (Lipinski definition) is 2. The van der Waals surface area contributed by atoms with Crippen LogP contribution in [0.15, 0.2) is 29.6 Å². The fourth-order valence-electron chi connectivity index (χ4n) is 2.30. The number of halogens is 3. The first kappa shape index (κ1) is 15.5. The van der Waals surface area contributed by atoms with E-state index in [0.29, 0.717) is 22.6 Å². The van der Waals surface area contributed by atoms with Crippen molar-refractivity contribution in [2.45, 2.75) is 18.5 Å². The fourth-order valence-corrected chi connectivity index (χ4v) is 3.02. The molecule has 0 spiro atoms. The zero-order valence-electron chi connectivity index (χ0n) is 11.5. The Hall–Kier alpha value is -2.42. The SMILES string of the molecule is O=C1CC(C(=O)Nc2nc(C(F)(F)F)cs2)c2ccccc2N1.